The molecule has 3 aliphatic rings. The number of hydrogen-bond donors (Lipinski definition) is 1. The van der Waals surface area contributed by atoms with Gasteiger partial charge in [0.2, 0.25) is 11.8 Å². The van der Waals surface area contributed by atoms with E-state index in [2.05, 4.69) is 14.8 Å². The van der Waals surface area contributed by atoms with Gasteiger partial charge in [-0.3, -0.25) is 4.79 Å². The number of carbonyl (C=O) groups is 1. The molecule has 1 aliphatic carbocycles. The van der Waals surface area contributed by atoms with Crippen molar-refractivity contribution in [3.63, 3.8) is 0 Å². The predicted molar refractivity (Wildman–Crippen MR) is 119 cm³/mol. The van der Waals surface area contributed by atoms with Gasteiger partial charge in [-0.2, -0.15) is 0 Å². The molecule has 1 atom stereocenters. The zero-order valence-electron chi connectivity index (χ0n) is 18.3. The van der Waals surface area contributed by atoms with Crippen molar-refractivity contribution in [2.24, 2.45) is 5.41 Å². The number of carbonyl (C=O) groups excluding carboxylic acids is 1. The lowest BCUT2D eigenvalue weighted by molar-refractivity contribution is -0.139. The molecular weight excluding hydrogens is 409 g/mol. The standard InChI is InChI=1S/C25H30FN3O3/c26-21-16-19(7-10-22(21)32-23-4-1-2-13-27-23)28-14-3-11-25(17-28)12-15-29(24(25)31)18-5-8-20(30)9-6-18/h1-2,4,7,10,13,16,18,20,30H,3,5-6,8-9,11-12,14-15,17H2/t18-,20+,25-/m1/s1. The molecule has 7 heteroatoms. The summed E-state index contributed by atoms with van der Waals surface area (Å²) in [6.07, 6.45) is 7.36. The van der Waals surface area contributed by atoms with Gasteiger partial charge in [-0.15, -0.1) is 0 Å². The van der Waals surface area contributed by atoms with E-state index < -0.39 is 5.82 Å². The number of aromatic nitrogens is 1. The average molecular weight is 440 g/mol. The Kier molecular flexibility index (Phi) is 5.76. The summed E-state index contributed by atoms with van der Waals surface area (Å²) in [6.45, 7) is 2.22. The minimum atomic E-state index is -0.437. The molecule has 0 radical (unpaired) electrons. The zero-order valence-corrected chi connectivity index (χ0v) is 18.3. The molecule has 1 spiro atoms. The van der Waals surface area contributed by atoms with E-state index >= 15 is 0 Å². The molecule has 1 saturated carbocycles. The molecule has 2 saturated heterocycles. The van der Waals surface area contributed by atoms with Crippen molar-refractivity contribution in [3.05, 3.63) is 48.4 Å². The summed E-state index contributed by atoms with van der Waals surface area (Å²) < 4.78 is 20.4. The zero-order chi connectivity index (χ0) is 22.1. The van der Waals surface area contributed by atoms with Crippen molar-refractivity contribution in [2.45, 2.75) is 57.1 Å². The fraction of sp³-hybridized carbons (Fsp3) is 0.520. The van der Waals surface area contributed by atoms with Crippen molar-refractivity contribution < 1.29 is 19.0 Å². The van der Waals surface area contributed by atoms with Gasteiger partial charge in [0.15, 0.2) is 11.6 Å². The van der Waals surface area contributed by atoms with Crippen LogP contribution >= 0.6 is 0 Å². The molecule has 6 nitrogen and oxygen atoms in total. The molecule has 0 bridgehead atoms. The van der Waals surface area contributed by atoms with Gasteiger partial charge in [0, 0.05) is 49.7 Å². The Morgan fingerprint density at radius 1 is 1.09 bits per heavy atom. The van der Waals surface area contributed by atoms with Crippen LogP contribution in [0.1, 0.15) is 44.9 Å². The van der Waals surface area contributed by atoms with Crippen LogP contribution < -0.4 is 9.64 Å². The second-order valence-electron chi connectivity index (χ2n) is 9.40. The highest BCUT2D eigenvalue weighted by Crippen LogP contribution is 2.43. The van der Waals surface area contributed by atoms with Gasteiger partial charge in [0.05, 0.1) is 11.5 Å². The number of likely N-dealkylation sites (tertiary alicyclic amines) is 1. The van der Waals surface area contributed by atoms with Crippen LogP contribution in [-0.4, -0.2) is 52.7 Å². The monoisotopic (exact) mass is 439 g/mol. The Bertz CT molecular complexity index is 964. The van der Waals surface area contributed by atoms with Crippen molar-refractivity contribution >= 4 is 11.6 Å². The van der Waals surface area contributed by atoms with Gasteiger partial charge < -0.3 is 19.6 Å². The van der Waals surface area contributed by atoms with E-state index in [0.29, 0.717) is 12.4 Å². The molecule has 1 N–H and O–H groups in total. The molecule has 5 rings (SSSR count). The first-order valence-electron chi connectivity index (χ1n) is 11.7. The lowest BCUT2D eigenvalue weighted by Crippen LogP contribution is -2.50. The normalized spacial score (nSPS) is 28.4. The summed E-state index contributed by atoms with van der Waals surface area (Å²) in [5.41, 5.74) is 0.399. The maximum Gasteiger partial charge on any atom is 0.230 e. The summed E-state index contributed by atoms with van der Waals surface area (Å²) in [7, 11) is 0. The van der Waals surface area contributed by atoms with Crippen LogP contribution in [0.2, 0.25) is 0 Å². The Morgan fingerprint density at radius 2 is 1.94 bits per heavy atom. The topological polar surface area (TPSA) is 65.9 Å². The van der Waals surface area contributed by atoms with Crippen molar-refractivity contribution in [1.82, 2.24) is 9.88 Å². The van der Waals surface area contributed by atoms with Crippen molar-refractivity contribution in [3.8, 4) is 11.6 Å². The maximum absolute atomic E-state index is 14.8. The SMILES string of the molecule is O=C1N([C@H]2CC[C@@H](O)CC2)CC[C@@]12CCCN(c1ccc(Oc3ccccn3)c(F)c1)C2. The first-order valence-corrected chi connectivity index (χ1v) is 11.7. The quantitative estimate of drug-likeness (QED) is 0.776. The minimum Gasteiger partial charge on any atom is -0.436 e. The molecule has 1 aromatic carbocycles. The number of piperidine rings is 1. The van der Waals surface area contributed by atoms with E-state index in [1.807, 2.05) is 6.07 Å². The number of halogens is 1. The number of amides is 1. The van der Waals surface area contributed by atoms with Crippen molar-refractivity contribution in [2.75, 3.05) is 24.5 Å². The average Bonchev–Trinajstić information content (AvgIpc) is 3.12. The Morgan fingerprint density at radius 3 is 2.69 bits per heavy atom. The number of ether oxygens (including phenoxy) is 1. The van der Waals surface area contributed by atoms with E-state index in [-0.39, 0.29) is 29.2 Å². The van der Waals surface area contributed by atoms with Crippen LogP contribution in [0.15, 0.2) is 42.6 Å². The number of hydrogen-bond acceptors (Lipinski definition) is 5. The van der Waals surface area contributed by atoms with E-state index in [9.17, 15) is 14.3 Å². The lowest BCUT2D eigenvalue weighted by atomic mass is 9.78. The number of pyridine rings is 1. The maximum atomic E-state index is 14.8. The molecule has 170 valence electrons. The summed E-state index contributed by atoms with van der Waals surface area (Å²) in [5, 5.41) is 9.81. The molecule has 1 aromatic heterocycles. The van der Waals surface area contributed by atoms with Crippen LogP contribution in [0.25, 0.3) is 0 Å². The van der Waals surface area contributed by atoms with Crippen LogP contribution in [0.5, 0.6) is 11.6 Å². The summed E-state index contributed by atoms with van der Waals surface area (Å²) in [5.74, 6) is 0.303. The third kappa shape index (κ3) is 4.06. The summed E-state index contributed by atoms with van der Waals surface area (Å²) in [6, 6.07) is 10.5. The van der Waals surface area contributed by atoms with E-state index in [0.717, 1.165) is 63.7 Å². The molecular formula is C25H30FN3O3. The second-order valence-corrected chi connectivity index (χ2v) is 9.40. The first-order chi connectivity index (χ1) is 15.5. The van der Waals surface area contributed by atoms with Crippen LogP contribution in [0.4, 0.5) is 10.1 Å². The Labute approximate surface area is 188 Å². The fourth-order valence-corrected chi connectivity index (χ4v) is 5.59. The van der Waals surface area contributed by atoms with Gasteiger partial charge in [-0.1, -0.05) is 6.07 Å². The van der Waals surface area contributed by atoms with Gasteiger partial charge in [0.25, 0.3) is 0 Å². The van der Waals surface area contributed by atoms with E-state index in [1.165, 1.54) is 6.07 Å². The minimum absolute atomic E-state index is 0.141. The number of aliphatic hydroxyl groups is 1. The van der Waals surface area contributed by atoms with Crippen molar-refractivity contribution in [1.29, 1.82) is 0 Å². The third-order valence-corrected chi connectivity index (χ3v) is 7.36. The number of rotatable bonds is 4. The summed E-state index contributed by atoms with van der Waals surface area (Å²) >= 11 is 0. The molecule has 0 unspecified atom stereocenters. The molecule has 1 amide bonds. The Balaban J connectivity index is 1.29. The first kappa shape index (κ1) is 21.2. The van der Waals surface area contributed by atoms with Gasteiger partial charge in [-0.05, 0) is 63.1 Å². The van der Waals surface area contributed by atoms with E-state index in [1.54, 1.807) is 30.5 Å². The highest BCUT2D eigenvalue weighted by Gasteiger charge is 2.50. The van der Waals surface area contributed by atoms with Gasteiger partial charge in [0.1, 0.15) is 0 Å². The number of aliphatic hydroxyl groups excluding tert-OH is 1. The highest BCUT2D eigenvalue weighted by molar-refractivity contribution is 5.86. The number of anilines is 1. The fourth-order valence-electron chi connectivity index (χ4n) is 5.59. The van der Waals surface area contributed by atoms with E-state index in [4.69, 9.17) is 4.74 Å². The number of nitrogens with zero attached hydrogens (tertiary/aromatic N) is 3. The van der Waals surface area contributed by atoms with Gasteiger partial charge in [-0.25, -0.2) is 9.37 Å². The van der Waals surface area contributed by atoms with Crippen LogP contribution in [-0.2, 0) is 4.79 Å². The molecule has 3 fully saturated rings. The second kappa shape index (κ2) is 8.70. The highest BCUT2D eigenvalue weighted by atomic mass is 19.1. The molecule has 2 aliphatic heterocycles. The van der Waals surface area contributed by atoms with Crippen LogP contribution in [0, 0.1) is 11.2 Å². The molecule has 2 aromatic rings. The predicted octanol–water partition coefficient (Wildman–Crippen LogP) is 4.14. The lowest BCUT2D eigenvalue weighted by Gasteiger charge is -2.41. The van der Waals surface area contributed by atoms with Gasteiger partial charge >= 0.3 is 0 Å². The van der Waals surface area contributed by atoms with Crippen LogP contribution in [0.3, 0.4) is 0 Å². The summed E-state index contributed by atoms with van der Waals surface area (Å²) in [4.78, 5) is 21.8. The molecule has 32 heavy (non-hydrogen) atoms. The smallest absolute Gasteiger partial charge is 0.230 e. The number of benzene rings is 1. The largest absolute Gasteiger partial charge is 0.436 e. The third-order valence-electron chi connectivity index (χ3n) is 7.36. The molecule has 3 heterocycles. The Hall–Kier alpha value is -2.67.